The highest BCUT2D eigenvalue weighted by Crippen LogP contribution is 2.28. The summed E-state index contributed by atoms with van der Waals surface area (Å²) in [4.78, 5) is 0. The first-order chi connectivity index (χ1) is 4.79. The lowest BCUT2D eigenvalue weighted by Crippen LogP contribution is -2.30. The second kappa shape index (κ2) is 2.17. The van der Waals surface area contributed by atoms with E-state index < -0.39 is 18.5 Å². The molecule has 2 aliphatic heterocycles. The molecule has 4 atom stereocenters. The van der Waals surface area contributed by atoms with Crippen LogP contribution in [0.5, 0.6) is 0 Å². The van der Waals surface area contributed by atoms with E-state index in [2.05, 4.69) is 6.92 Å². The second-order valence-electron chi connectivity index (χ2n) is 2.45. The maximum absolute atomic E-state index is 9.28. The van der Waals surface area contributed by atoms with Crippen LogP contribution < -0.4 is 0 Å². The fourth-order valence-electron chi connectivity index (χ4n) is 1.20. The van der Waals surface area contributed by atoms with E-state index in [1.54, 1.807) is 0 Å². The van der Waals surface area contributed by atoms with Crippen molar-refractivity contribution in [1.29, 1.82) is 0 Å². The molecule has 2 saturated heterocycles. The van der Waals surface area contributed by atoms with E-state index in [0.29, 0.717) is 0 Å². The van der Waals surface area contributed by atoms with Crippen molar-refractivity contribution in [3.8, 4) is 0 Å². The topological polar surface area (TPSA) is 47.9 Å². The molecule has 10 heavy (non-hydrogen) atoms. The van der Waals surface area contributed by atoms with E-state index in [-0.39, 0.29) is 12.9 Å². The van der Waals surface area contributed by atoms with Crippen LogP contribution in [0.4, 0.5) is 0 Å². The van der Waals surface area contributed by atoms with E-state index in [9.17, 15) is 5.11 Å². The molecule has 2 aliphatic rings. The Kier molecular flexibility index (Phi) is 1.42. The van der Waals surface area contributed by atoms with Crippen molar-refractivity contribution in [1.82, 2.24) is 0 Å². The molecule has 2 fully saturated rings. The van der Waals surface area contributed by atoms with Crippen molar-refractivity contribution in [2.24, 2.45) is 0 Å². The van der Waals surface area contributed by atoms with E-state index in [1.807, 2.05) is 0 Å². The van der Waals surface area contributed by atoms with Gasteiger partial charge in [-0.1, -0.05) is 0 Å². The summed E-state index contributed by atoms with van der Waals surface area (Å²) in [5, 5.41) is 9.28. The van der Waals surface area contributed by atoms with Crippen molar-refractivity contribution >= 4 is 0 Å². The van der Waals surface area contributed by atoms with Crippen LogP contribution >= 0.6 is 0 Å². The maximum atomic E-state index is 9.28. The van der Waals surface area contributed by atoms with Gasteiger partial charge in [0, 0.05) is 0 Å². The zero-order valence-electron chi connectivity index (χ0n) is 5.40. The van der Waals surface area contributed by atoms with Crippen LogP contribution in [0.3, 0.4) is 0 Å². The van der Waals surface area contributed by atoms with Gasteiger partial charge < -0.3 is 19.3 Å². The molecule has 57 valence electrons. The minimum atomic E-state index is -0.646. The SMILES string of the molecule is [CH2][C@H]1OC2OCO[C@@H]2[C@H]1O. The van der Waals surface area contributed by atoms with Gasteiger partial charge in [0.25, 0.3) is 0 Å². The molecular weight excluding hydrogens is 136 g/mol. The largest absolute Gasteiger partial charge is 0.387 e. The predicted octanol–water partition coefficient (Wildman–Crippen LogP) is -0.721. The van der Waals surface area contributed by atoms with Crippen molar-refractivity contribution in [3.05, 3.63) is 6.92 Å². The Morgan fingerprint density at radius 3 is 2.90 bits per heavy atom. The molecule has 0 amide bonds. The molecule has 1 N–H and O–H groups in total. The van der Waals surface area contributed by atoms with Gasteiger partial charge in [-0.25, -0.2) is 0 Å². The molecule has 1 unspecified atom stereocenters. The zero-order chi connectivity index (χ0) is 7.14. The number of fused-ring (bicyclic) bond motifs is 1. The van der Waals surface area contributed by atoms with Crippen molar-refractivity contribution in [3.63, 3.8) is 0 Å². The summed E-state index contributed by atoms with van der Waals surface area (Å²) >= 11 is 0. The molecule has 4 nitrogen and oxygen atoms in total. The number of hydrogen-bond donors (Lipinski definition) is 1. The van der Waals surface area contributed by atoms with Crippen LogP contribution in [0.1, 0.15) is 0 Å². The number of hydrogen-bond acceptors (Lipinski definition) is 4. The van der Waals surface area contributed by atoms with Gasteiger partial charge in [-0.2, -0.15) is 0 Å². The van der Waals surface area contributed by atoms with Crippen LogP contribution in [0.15, 0.2) is 0 Å². The molecule has 2 heterocycles. The van der Waals surface area contributed by atoms with Gasteiger partial charge in [-0.3, -0.25) is 0 Å². The highest BCUT2D eigenvalue weighted by atomic mass is 16.8. The quantitative estimate of drug-likeness (QED) is 0.488. The molecule has 2 rings (SSSR count). The molecule has 0 bridgehead atoms. The number of ether oxygens (including phenoxy) is 3. The third-order valence-corrected chi connectivity index (χ3v) is 1.79. The van der Waals surface area contributed by atoms with Gasteiger partial charge in [0.15, 0.2) is 13.1 Å². The highest BCUT2D eigenvalue weighted by molar-refractivity contribution is 4.90. The summed E-state index contributed by atoms with van der Waals surface area (Å²) in [7, 11) is 0. The first-order valence-corrected chi connectivity index (χ1v) is 3.19. The average molecular weight is 145 g/mol. The average Bonchev–Trinajstić information content (AvgIpc) is 2.41. The third kappa shape index (κ3) is 0.769. The molecule has 0 spiro atoms. The monoisotopic (exact) mass is 145 g/mol. The van der Waals surface area contributed by atoms with Crippen LogP contribution in [-0.4, -0.2) is 36.5 Å². The van der Waals surface area contributed by atoms with Gasteiger partial charge >= 0.3 is 0 Å². The Morgan fingerprint density at radius 1 is 1.40 bits per heavy atom. The Labute approximate surface area is 58.7 Å². The second-order valence-corrected chi connectivity index (χ2v) is 2.45. The third-order valence-electron chi connectivity index (χ3n) is 1.79. The highest BCUT2D eigenvalue weighted by Gasteiger charge is 2.46. The summed E-state index contributed by atoms with van der Waals surface area (Å²) < 4.78 is 15.1. The predicted molar refractivity (Wildman–Crippen MR) is 30.8 cm³/mol. The number of rotatable bonds is 0. The van der Waals surface area contributed by atoms with Crippen molar-refractivity contribution < 1.29 is 19.3 Å². The molecule has 0 aromatic rings. The Morgan fingerprint density at radius 2 is 2.20 bits per heavy atom. The van der Waals surface area contributed by atoms with E-state index in [4.69, 9.17) is 14.2 Å². The number of aliphatic hydroxyl groups excluding tert-OH is 1. The first-order valence-electron chi connectivity index (χ1n) is 3.19. The summed E-state index contributed by atoms with van der Waals surface area (Å²) in [6.45, 7) is 3.78. The molecule has 4 heteroatoms. The smallest absolute Gasteiger partial charge is 0.189 e. The normalized spacial score (nSPS) is 53.4. The summed E-state index contributed by atoms with van der Waals surface area (Å²) in [6.07, 6.45) is -1.80. The van der Waals surface area contributed by atoms with Crippen LogP contribution in [-0.2, 0) is 14.2 Å². The fourth-order valence-corrected chi connectivity index (χ4v) is 1.20. The van der Waals surface area contributed by atoms with E-state index >= 15 is 0 Å². The lowest BCUT2D eigenvalue weighted by Gasteiger charge is -2.09. The van der Waals surface area contributed by atoms with Crippen LogP contribution in [0.2, 0.25) is 0 Å². The molecule has 1 radical (unpaired) electrons. The van der Waals surface area contributed by atoms with E-state index in [1.165, 1.54) is 0 Å². The van der Waals surface area contributed by atoms with E-state index in [0.717, 1.165) is 0 Å². The van der Waals surface area contributed by atoms with Crippen molar-refractivity contribution in [2.45, 2.75) is 24.6 Å². The minimum Gasteiger partial charge on any atom is -0.387 e. The maximum Gasteiger partial charge on any atom is 0.189 e. The summed E-state index contributed by atoms with van der Waals surface area (Å²) in [6, 6.07) is 0. The summed E-state index contributed by atoms with van der Waals surface area (Å²) in [5.41, 5.74) is 0. The Balaban J connectivity index is 2.09. The van der Waals surface area contributed by atoms with Crippen molar-refractivity contribution in [2.75, 3.05) is 6.79 Å². The van der Waals surface area contributed by atoms with Gasteiger partial charge in [-0.15, -0.1) is 0 Å². The van der Waals surface area contributed by atoms with Crippen LogP contribution in [0, 0.1) is 6.92 Å². The van der Waals surface area contributed by atoms with Gasteiger partial charge in [-0.05, 0) is 6.92 Å². The first kappa shape index (κ1) is 6.54. The minimum absolute atomic E-state index is 0.207. The molecular formula is C6H9O4. The van der Waals surface area contributed by atoms with Gasteiger partial charge in [0.2, 0.25) is 0 Å². The van der Waals surface area contributed by atoms with Crippen LogP contribution in [0.25, 0.3) is 0 Å². The molecule has 0 saturated carbocycles. The Hall–Kier alpha value is -0.160. The molecule has 0 aliphatic carbocycles. The Bertz CT molecular complexity index is 136. The fraction of sp³-hybridized carbons (Fsp3) is 0.833. The lowest BCUT2D eigenvalue weighted by atomic mass is 10.2. The standard InChI is InChI=1S/C6H9O4/c1-3-4(7)5-6(10-3)9-2-8-5/h3-7H,1-2H2/t3-,4+,5-,6?/m1/s1. The van der Waals surface area contributed by atoms with Gasteiger partial charge in [0.05, 0.1) is 6.10 Å². The van der Waals surface area contributed by atoms with Gasteiger partial charge in [0.1, 0.15) is 12.2 Å². The molecule has 0 aromatic heterocycles. The number of aliphatic hydroxyl groups is 1. The zero-order valence-corrected chi connectivity index (χ0v) is 5.40. The summed E-state index contributed by atoms with van der Waals surface area (Å²) in [5.74, 6) is 0. The molecule has 0 aromatic carbocycles. The lowest BCUT2D eigenvalue weighted by molar-refractivity contribution is -0.114.